The minimum absolute atomic E-state index is 0. The highest BCUT2D eigenvalue weighted by Gasteiger charge is 2.43. The van der Waals surface area contributed by atoms with Crippen LogP contribution in [-0.4, -0.2) is 57.4 Å². The molecule has 0 bridgehead atoms. The van der Waals surface area contributed by atoms with Gasteiger partial charge >= 0.3 is 0 Å². The normalized spacial score (nSPS) is 33.2. The summed E-state index contributed by atoms with van der Waals surface area (Å²) in [6, 6.07) is -1.08. The lowest BCUT2D eigenvalue weighted by molar-refractivity contribution is -0.00442. The predicted molar refractivity (Wildman–Crippen MR) is 71.8 cm³/mol. The van der Waals surface area contributed by atoms with Gasteiger partial charge in [-0.2, -0.15) is 0 Å². The molecule has 0 aromatic rings. The molecule has 5 N–H and O–H groups in total. The molecule has 1 aliphatic rings. The molecule has 6 heteroatoms. The first-order valence-electron chi connectivity index (χ1n) is 6.53. The topological polar surface area (TPSA) is 93.0 Å². The lowest BCUT2D eigenvalue weighted by Crippen LogP contribution is -2.44. The minimum atomic E-state index is -1.01. The van der Waals surface area contributed by atoms with Crippen LogP contribution in [0.3, 0.4) is 0 Å². The van der Waals surface area contributed by atoms with Gasteiger partial charge in [-0.25, -0.2) is 0 Å². The zero-order chi connectivity index (χ0) is 12.8. The summed E-state index contributed by atoms with van der Waals surface area (Å²) in [5, 5.41) is 41.2. The van der Waals surface area contributed by atoms with Crippen molar-refractivity contribution in [3.63, 3.8) is 0 Å². The van der Waals surface area contributed by atoms with Crippen LogP contribution < -0.4 is 5.32 Å². The van der Waals surface area contributed by atoms with Crippen molar-refractivity contribution < 1.29 is 20.4 Å². The molecule has 1 rings (SSSR count). The van der Waals surface area contributed by atoms with Crippen molar-refractivity contribution in [2.45, 2.75) is 69.4 Å². The maximum Gasteiger partial charge on any atom is 0.0993 e. The van der Waals surface area contributed by atoms with Gasteiger partial charge in [0.05, 0.1) is 37.0 Å². The van der Waals surface area contributed by atoms with E-state index in [2.05, 4.69) is 12.2 Å². The summed E-state index contributed by atoms with van der Waals surface area (Å²) in [6.07, 6.45) is 2.21. The Morgan fingerprint density at radius 2 is 1.78 bits per heavy atom. The maximum atomic E-state index is 9.93. The van der Waals surface area contributed by atoms with Gasteiger partial charge in [-0.15, -0.1) is 12.4 Å². The molecule has 1 saturated heterocycles. The summed E-state index contributed by atoms with van der Waals surface area (Å²) in [4.78, 5) is 0. The number of hydrogen-bond donors (Lipinski definition) is 5. The second kappa shape index (κ2) is 9.07. The van der Waals surface area contributed by atoms with E-state index in [1.54, 1.807) is 0 Å². The molecule has 5 atom stereocenters. The van der Waals surface area contributed by atoms with Crippen molar-refractivity contribution in [1.29, 1.82) is 0 Å². The standard InChI is InChI=1S/C12H25NO4.ClH/c1-2-3-4-5-6-9(15)10-12(17)11(16)8(7-14)13-10;/h8-17H,2-7H2,1H3;1H/t8-,9-,10-,11-,12-;/m1./s1. The maximum absolute atomic E-state index is 9.93. The van der Waals surface area contributed by atoms with Gasteiger partial charge < -0.3 is 25.7 Å². The van der Waals surface area contributed by atoms with Crippen LogP contribution in [0.2, 0.25) is 0 Å². The summed E-state index contributed by atoms with van der Waals surface area (Å²) in [7, 11) is 0. The summed E-state index contributed by atoms with van der Waals surface area (Å²) in [6.45, 7) is 1.89. The zero-order valence-corrected chi connectivity index (χ0v) is 11.6. The molecule has 0 aromatic heterocycles. The van der Waals surface area contributed by atoms with Gasteiger partial charge in [0.1, 0.15) is 0 Å². The van der Waals surface area contributed by atoms with E-state index in [4.69, 9.17) is 5.11 Å². The third-order valence-electron chi connectivity index (χ3n) is 3.50. The lowest BCUT2D eigenvalue weighted by Gasteiger charge is -2.22. The third-order valence-corrected chi connectivity index (χ3v) is 3.50. The van der Waals surface area contributed by atoms with Crippen molar-refractivity contribution in [3.8, 4) is 0 Å². The molecule has 0 amide bonds. The summed E-state index contributed by atoms with van der Waals surface area (Å²) in [5.74, 6) is 0. The first-order valence-corrected chi connectivity index (χ1v) is 6.53. The molecule has 5 nitrogen and oxygen atoms in total. The van der Waals surface area contributed by atoms with Gasteiger partial charge in [0.15, 0.2) is 0 Å². The van der Waals surface area contributed by atoms with E-state index in [-0.39, 0.29) is 19.0 Å². The minimum Gasteiger partial charge on any atom is -0.395 e. The molecule has 1 heterocycles. The first-order chi connectivity index (χ1) is 8.11. The number of rotatable bonds is 7. The molecule has 1 fully saturated rings. The molecule has 110 valence electrons. The van der Waals surface area contributed by atoms with Gasteiger partial charge in [-0.1, -0.05) is 32.6 Å². The largest absolute Gasteiger partial charge is 0.395 e. The number of unbranched alkanes of at least 4 members (excludes halogenated alkanes) is 3. The summed E-state index contributed by atoms with van der Waals surface area (Å²) >= 11 is 0. The number of nitrogens with one attached hydrogen (secondary N) is 1. The van der Waals surface area contributed by atoms with Crippen LogP contribution in [0.5, 0.6) is 0 Å². The molecular formula is C12H26ClNO4. The molecular weight excluding hydrogens is 258 g/mol. The highest BCUT2D eigenvalue weighted by Crippen LogP contribution is 2.20. The number of aliphatic hydroxyl groups excluding tert-OH is 4. The molecule has 0 radical (unpaired) electrons. The second-order valence-corrected chi connectivity index (χ2v) is 4.88. The Kier molecular flexibility index (Phi) is 9.11. The first kappa shape index (κ1) is 18.1. The van der Waals surface area contributed by atoms with E-state index in [9.17, 15) is 15.3 Å². The van der Waals surface area contributed by atoms with Crippen molar-refractivity contribution >= 4 is 12.4 Å². The molecule has 0 saturated carbocycles. The highest BCUT2D eigenvalue weighted by atomic mass is 35.5. The van der Waals surface area contributed by atoms with Crippen molar-refractivity contribution in [2.24, 2.45) is 0 Å². The average Bonchev–Trinajstić information content (AvgIpc) is 2.61. The van der Waals surface area contributed by atoms with Gasteiger partial charge in [0.2, 0.25) is 0 Å². The van der Waals surface area contributed by atoms with Gasteiger partial charge in [-0.05, 0) is 6.42 Å². The van der Waals surface area contributed by atoms with Crippen molar-refractivity contribution in [2.75, 3.05) is 6.61 Å². The van der Waals surface area contributed by atoms with E-state index < -0.39 is 30.4 Å². The fraction of sp³-hybridized carbons (Fsp3) is 1.00. The van der Waals surface area contributed by atoms with E-state index >= 15 is 0 Å². The van der Waals surface area contributed by atoms with Crippen LogP contribution in [0, 0.1) is 0 Å². The van der Waals surface area contributed by atoms with E-state index in [0.29, 0.717) is 6.42 Å². The Balaban J connectivity index is 0.00000289. The molecule has 0 aromatic carbocycles. The fourth-order valence-electron chi connectivity index (χ4n) is 2.35. The van der Waals surface area contributed by atoms with E-state index in [1.165, 1.54) is 0 Å². The Labute approximate surface area is 115 Å². The van der Waals surface area contributed by atoms with E-state index in [1.807, 2.05) is 0 Å². The smallest absolute Gasteiger partial charge is 0.0993 e. The Morgan fingerprint density at radius 3 is 2.28 bits per heavy atom. The van der Waals surface area contributed by atoms with Crippen molar-refractivity contribution in [3.05, 3.63) is 0 Å². The quantitative estimate of drug-likeness (QED) is 0.417. The van der Waals surface area contributed by atoms with Gasteiger partial charge in [0.25, 0.3) is 0 Å². The van der Waals surface area contributed by atoms with Crippen LogP contribution in [0.25, 0.3) is 0 Å². The summed E-state index contributed by atoms with van der Waals surface area (Å²) in [5.41, 5.74) is 0. The predicted octanol–water partition coefficient (Wildman–Crippen LogP) is -0.206. The summed E-state index contributed by atoms with van der Waals surface area (Å²) < 4.78 is 0. The molecule has 0 spiro atoms. The highest BCUT2D eigenvalue weighted by molar-refractivity contribution is 5.85. The number of hydrogen-bond acceptors (Lipinski definition) is 5. The fourth-order valence-corrected chi connectivity index (χ4v) is 2.35. The Hall–Kier alpha value is 0.0900. The number of aliphatic hydroxyl groups is 4. The number of halogens is 1. The van der Waals surface area contributed by atoms with Gasteiger partial charge in [0, 0.05) is 0 Å². The lowest BCUT2D eigenvalue weighted by atomic mass is 9.99. The molecule has 0 unspecified atom stereocenters. The zero-order valence-electron chi connectivity index (χ0n) is 10.8. The van der Waals surface area contributed by atoms with Crippen LogP contribution in [0.1, 0.15) is 39.0 Å². The van der Waals surface area contributed by atoms with Crippen LogP contribution in [0.4, 0.5) is 0 Å². The Morgan fingerprint density at radius 1 is 1.11 bits per heavy atom. The van der Waals surface area contributed by atoms with Gasteiger partial charge in [-0.3, -0.25) is 0 Å². The Bertz CT molecular complexity index is 220. The molecule has 0 aliphatic carbocycles. The SMILES string of the molecule is CCCCCC[C@@H](O)[C@H]1N[C@H](CO)[C@@H](O)[C@@H]1O.Cl. The van der Waals surface area contributed by atoms with Crippen LogP contribution >= 0.6 is 12.4 Å². The molecule has 1 aliphatic heterocycles. The third kappa shape index (κ3) is 4.64. The van der Waals surface area contributed by atoms with Crippen molar-refractivity contribution in [1.82, 2.24) is 5.32 Å². The average molecular weight is 284 g/mol. The van der Waals surface area contributed by atoms with E-state index in [0.717, 1.165) is 25.7 Å². The van der Waals surface area contributed by atoms with Crippen LogP contribution in [0.15, 0.2) is 0 Å². The second-order valence-electron chi connectivity index (χ2n) is 4.88. The van der Waals surface area contributed by atoms with Crippen LogP contribution in [-0.2, 0) is 0 Å². The monoisotopic (exact) mass is 283 g/mol. The molecule has 18 heavy (non-hydrogen) atoms.